The maximum atomic E-state index is 11.4. The Morgan fingerprint density at radius 2 is 1.89 bits per heavy atom. The summed E-state index contributed by atoms with van der Waals surface area (Å²) in [5.41, 5.74) is 1.04. The van der Waals surface area contributed by atoms with Gasteiger partial charge in [-0.1, -0.05) is 12.1 Å². The van der Waals surface area contributed by atoms with Crippen molar-refractivity contribution in [1.82, 2.24) is 0 Å². The highest BCUT2D eigenvalue weighted by Gasteiger charge is 2.18. The number of Topliss-reactive ketones (excluding diaryl/α,β-unsaturated/α-hetero) is 2. The second-order valence-electron chi connectivity index (χ2n) is 4.51. The average molecular weight is 264 g/mol. The van der Waals surface area contributed by atoms with Gasteiger partial charge in [0, 0.05) is 7.11 Å². The first-order valence-electron chi connectivity index (χ1n) is 6.26. The van der Waals surface area contributed by atoms with Crippen LogP contribution in [0.15, 0.2) is 24.3 Å². The normalized spacial score (nSPS) is 10.5. The Bertz CT molecular complexity index is 426. The molecule has 0 bridgehead atoms. The monoisotopic (exact) mass is 264 g/mol. The van der Waals surface area contributed by atoms with E-state index in [-0.39, 0.29) is 18.4 Å². The summed E-state index contributed by atoms with van der Waals surface area (Å²) < 4.78 is 10.2. The lowest BCUT2D eigenvalue weighted by Crippen LogP contribution is -2.20. The van der Waals surface area contributed by atoms with Gasteiger partial charge in [0.05, 0.1) is 5.92 Å². The second kappa shape index (κ2) is 7.69. The van der Waals surface area contributed by atoms with Crippen LogP contribution < -0.4 is 4.74 Å². The van der Waals surface area contributed by atoms with E-state index in [4.69, 9.17) is 9.47 Å². The van der Waals surface area contributed by atoms with Gasteiger partial charge in [-0.3, -0.25) is 9.59 Å². The molecular weight excluding hydrogens is 244 g/mol. The lowest BCUT2D eigenvalue weighted by atomic mass is 9.93. The van der Waals surface area contributed by atoms with Crippen LogP contribution in [0.3, 0.4) is 0 Å². The first-order valence-corrected chi connectivity index (χ1v) is 6.26. The van der Waals surface area contributed by atoms with E-state index in [1.807, 2.05) is 24.3 Å². The highest BCUT2D eigenvalue weighted by atomic mass is 16.7. The summed E-state index contributed by atoms with van der Waals surface area (Å²) in [5, 5.41) is 0. The third kappa shape index (κ3) is 5.22. The topological polar surface area (TPSA) is 52.6 Å². The van der Waals surface area contributed by atoms with E-state index in [0.717, 1.165) is 11.3 Å². The van der Waals surface area contributed by atoms with Crippen LogP contribution in [-0.2, 0) is 20.7 Å². The van der Waals surface area contributed by atoms with Gasteiger partial charge in [0.25, 0.3) is 0 Å². The molecule has 0 atom stereocenters. The van der Waals surface area contributed by atoms with Crippen LogP contribution in [0.2, 0.25) is 0 Å². The second-order valence-corrected chi connectivity index (χ2v) is 4.51. The molecule has 0 aliphatic rings. The zero-order chi connectivity index (χ0) is 14.3. The Labute approximate surface area is 113 Å². The van der Waals surface area contributed by atoms with Crippen molar-refractivity contribution in [2.75, 3.05) is 13.9 Å². The lowest BCUT2D eigenvalue weighted by molar-refractivity contribution is -0.130. The Balaban J connectivity index is 2.61. The summed E-state index contributed by atoms with van der Waals surface area (Å²) in [7, 11) is 1.56. The van der Waals surface area contributed by atoms with Crippen LogP contribution in [0.1, 0.15) is 25.8 Å². The van der Waals surface area contributed by atoms with Gasteiger partial charge in [-0.15, -0.1) is 0 Å². The van der Waals surface area contributed by atoms with Crippen molar-refractivity contribution in [3.8, 4) is 5.75 Å². The molecule has 0 saturated heterocycles. The molecule has 4 nitrogen and oxygen atoms in total. The zero-order valence-corrected chi connectivity index (χ0v) is 11.6. The number of aryl methyl sites for hydroxylation is 1. The van der Waals surface area contributed by atoms with Crippen molar-refractivity contribution in [1.29, 1.82) is 0 Å². The minimum absolute atomic E-state index is 0.0701. The maximum Gasteiger partial charge on any atom is 0.188 e. The van der Waals surface area contributed by atoms with Crippen LogP contribution in [0.4, 0.5) is 0 Å². The largest absolute Gasteiger partial charge is 0.468 e. The SMILES string of the molecule is COCOc1cccc(CCC(C(C)=O)C(C)=O)c1. The van der Waals surface area contributed by atoms with Crippen LogP contribution in [0.5, 0.6) is 5.75 Å². The number of benzene rings is 1. The first-order chi connectivity index (χ1) is 9.04. The number of hydrogen-bond donors (Lipinski definition) is 0. The van der Waals surface area contributed by atoms with E-state index in [2.05, 4.69) is 0 Å². The van der Waals surface area contributed by atoms with Gasteiger partial charge in [0.1, 0.15) is 17.3 Å². The molecule has 0 saturated carbocycles. The highest BCUT2D eigenvalue weighted by molar-refractivity contribution is 6.00. The smallest absolute Gasteiger partial charge is 0.188 e. The van der Waals surface area contributed by atoms with E-state index in [0.29, 0.717) is 12.8 Å². The lowest BCUT2D eigenvalue weighted by Gasteiger charge is -2.11. The van der Waals surface area contributed by atoms with Gasteiger partial charge in [0.2, 0.25) is 0 Å². The van der Waals surface area contributed by atoms with E-state index in [1.165, 1.54) is 13.8 Å². The van der Waals surface area contributed by atoms with E-state index >= 15 is 0 Å². The van der Waals surface area contributed by atoms with Crippen LogP contribution in [0.25, 0.3) is 0 Å². The van der Waals surface area contributed by atoms with Gasteiger partial charge in [-0.05, 0) is 44.4 Å². The van der Waals surface area contributed by atoms with Crippen molar-refractivity contribution < 1.29 is 19.1 Å². The molecule has 0 aliphatic heterocycles. The summed E-state index contributed by atoms with van der Waals surface area (Å²) >= 11 is 0. The molecular formula is C15H20O4. The number of ether oxygens (including phenoxy) is 2. The number of hydrogen-bond acceptors (Lipinski definition) is 4. The first kappa shape index (κ1) is 15.4. The Kier molecular flexibility index (Phi) is 6.22. The molecule has 0 radical (unpaired) electrons. The molecule has 0 heterocycles. The summed E-state index contributed by atoms with van der Waals surface area (Å²) in [6, 6.07) is 7.58. The fourth-order valence-corrected chi connectivity index (χ4v) is 1.92. The number of rotatable bonds is 8. The minimum Gasteiger partial charge on any atom is -0.468 e. The van der Waals surface area contributed by atoms with Gasteiger partial charge in [-0.2, -0.15) is 0 Å². The fourth-order valence-electron chi connectivity index (χ4n) is 1.92. The Morgan fingerprint density at radius 3 is 2.47 bits per heavy atom. The molecule has 0 fully saturated rings. The molecule has 1 aromatic rings. The van der Waals surface area contributed by atoms with Crippen LogP contribution in [-0.4, -0.2) is 25.5 Å². The minimum atomic E-state index is -0.497. The Hall–Kier alpha value is -1.68. The summed E-state index contributed by atoms with van der Waals surface area (Å²) in [6.45, 7) is 3.13. The molecule has 1 aromatic carbocycles. The maximum absolute atomic E-state index is 11.4. The third-order valence-corrected chi connectivity index (χ3v) is 2.95. The standard InChI is InChI=1S/C15H20O4/c1-11(16)15(12(2)17)8-7-13-5-4-6-14(9-13)19-10-18-3/h4-6,9,15H,7-8,10H2,1-3H3. The molecule has 4 heteroatoms. The van der Waals surface area contributed by atoms with Gasteiger partial charge in [-0.25, -0.2) is 0 Å². The van der Waals surface area contributed by atoms with E-state index < -0.39 is 5.92 Å². The molecule has 0 amide bonds. The summed E-state index contributed by atoms with van der Waals surface area (Å²) in [6.07, 6.45) is 1.21. The van der Waals surface area contributed by atoms with Crippen molar-refractivity contribution in [3.63, 3.8) is 0 Å². The zero-order valence-electron chi connectivity index (χ0n) is 11.6. The van der Waals surface area contributed by atoms with Crippen LogP contribution in [0, 0.1) is 5.92 Å². The molecule has 0 aliphatic carbocycles. The van der Waals surface area contributed by atoms with Crippen molar-refractivity contribution >= 4 is 11.6 Å². The van der Waals surface area contributed by atoms with Gasteiger partial charge >= 0.3 is 0 Å². The third-order valence-electron chi connectivity index (χ3n) is 2.95. The van der Waals surface area contributed by atoms with Gasteiger partial charge in [0.15, 0.2) is 6.79 Å². The number of methoxy groups -OCH3 is 1. The molecule has 0 N–H and O–H groups in total. The Morgan fingerprint density at radius 1 is 1.21 bits per heavy atom. The van der Waals surface area contributed by atoms with Gasteiger partial charge < -0.3 is 9.47 Å². The van der Waals surface area contributed by atoms with Crippen molar-refractivity contribution in [2.45, 2.75) is 26.7 Å². The van der Waals surface area contributed by atoms with E-state index in [1.54, 1.807) is 7.11 Å². The molecule has 0 aromatic heterocycles. The fraction of sp³-hybridized carbons (Fsp3) is 0.467. The number of carbonyl (C=O) groups is 2. The summed E-state index contributed by atoms with van der Waals surface area (Å²) in [5.74, 6) is 0.0867. The average Bonchev–Trinajstić information content (AvgIpc) is 2.36. The van der Waals surface area contributed by atoms with Crippen molar-refractivity contribution in [2.24, 2.45) is 5.92 Å². The summed E-state index contributed by atoms with van der Waals surface area (Å²) in [4.78, 5) is 22.7. The highest BCUT2D eigenvalue weighted by Crippen LogP contribution is 2.17. The predicted octanol–water partition coefficient (Wildman–Crippen LogP) is 2.40. The quantitative estimate of drug-likeness (QED) is 0.534. The van der Waals surface area contributed by atoms with E-state index in [9.17, 15) is 9.59 Å². The number of ketones is 2. The molecule has 0 spiro atoms. The molecule has 104 valence electrons. The molecule has 19 heavy (non-hydrogen) atoms. The predicted molar refractivity (Wildman–Crippen MR) is 72.1 cm³/mol. The molecule has 1 rings (SSSR count). The van der Waals surface area contributed by atoms with Crippen LogP contribution >= 0.6 is 0 Å². The van der Waals surface area contributed by atoms with Crippen molar-refractivity contribution in [3.05, 3.63) is 29.8 Å². The molecule has 0 unspecified atom stereocenters. The number of carbonyl (C=O) groups excluding carboxylic acids is 2.